The minimum absolute atomic E-state index is 0.119. The molecule has 0 aliphatic heterocycles. The van der Waals surface area contributed by atoms with Gasteiger partial charge in [0.1, 0.15) is 11.5 Å². The second kappa shape index (κ2) is 5.16. The van der Waals surface area contributed by atoms with Gasteiger partial charge >= 0.3 is 0 Å². The minimum atomic E-state index is -0.668. The molecule has 3 aromatic rings. The molecule has 21 heavy (non-hydrogen) atoms. The molecule has 1 amide bonds. The number of carbonyl (C=O) groups excluding carboxylic acids is 1. The van der Waals surface area contributed by atoms with Crippen LogP contribution in [0, 0.1) is 5.95 Å². The van der Waals surface area contributed by atoms with Gasteiger partial charge in [-0.2, -0.15) is 4.39 Å². The van der Waals surface area contributed by atoms with E-state index in [1.54, 1.807) is 6.07 Å². The highest BCUT2D eigenvalue weighted by Gasteiger charge is 2.11. The fraction of sp³-hybridized carbons (Fsp3) is 0. The number of amides is 1. The molecule has 3 rings (SSSR count). The molecule has 2 aromatic heterocycles. The summed E-state index contributed by atoms with van der Waals surface area (Å²) >= 11 is 0. The van der Waals surface area contributed by atoms with Gasteiger partial charge in [0.25, 0.3) is 5.91 Å². The van der Waals surface area contributed by atoms with E-state index in [0.717, 1.165) is 5.39 Å². The Labute approximate surface area is 119 Å². The number of nitrogen functional groups attached to an aromatic ring is 1. The van der Waals surface area contributed by atoms with Crippen molar-refractivity contribution in [3.8, 4) is 0 Å². The van der Waals surface area contributed by atoms with Crippen molar-refractivity contribution in [1.82, 2.24) is 9.97 Å². The molecule has 0 bridgehead atoms. The second-order valence-corrected chi connectivity index (χ2v) is 4.41. The molecule has 6 heteroatoms. The van der Waals surface area contributed by atoms with Gasteiger partial charge in [-0.25, -0.2) is 9.97 Å². The number of anilines is 2. The molecular weight excluding hydrogens is 271 g/mol. The molecule has 2 heterocycles. The van der Waals surface area contributed by atoms with Crippen molar-refractivity contribution >= 4 is 28.3 Å². The van der Waals surface area contributed by atoms with E-state index in [1.807, 2.05) is 18.2 Å². The lowest BCUT2D eigenvalue weighted by Gasteiger charge is -2.07. The van der Waals surface area contributed by atoms with E-state index in [9.17, 15) is 9.18 Å². The highest BCUT2D eigenvalue weighted by molar-refractivity contribution is 6.05. The van der Waals surface area contributed by atoms with E-state index in [0.29, 0.717) is 11.2 Å². The molecule has 5 nitrogen and oxygen atoms in total. The van der Waals surface area contributed by atoms with Crippen LogP contribution in [0.4, 0.5) is 15.9 Å². The van der Waals surface area contributed by atoms with E-state index >= 15 is 0 Å². The molecule has 3 N–H and O–H groups in total. The van der Waals surface area contributed by atoms with Crippen LogP contribution >= 0.6 is 0 Å². The third-order valence-corrected chi connectivity index (χ3v) is 2.94. The minimum Gasteiger partial charge on any atom is -0.398 e. The molecule has 0 atom stereocenters. The van der Waals surface area contributed by atoms with Crippen LogP contribution in [0.3, 0.4) is 0 Å². The average molecular weight is 282 g/mol. The van der Waals surface area contributed by atoms with Crippen LogP contribution in [0.5, 0.6) is 0 Å². The summed E-state index contributed by atoms with van der Waals surface area (Å²) in [5, 5.41) is 3.26. The van der Waals surface area contributed by atoms with Gasteiger partial charge in [0.05, 0.1) is 5.52 Å². The summed E-state index contributed by atoms with van der Waals surface area (Å²) in [5.74, 6) is -1.04. The summed E-state index contributed by atoms with van der Waals surface area (Å²) in [5.41, 5.74) is 7.14. The Morgan fingerprint density at radius 1 is 1.10 bits per heavy atom. The third-order valence-electron chi connectivity index (χ3n) is 2.94. The molecule has 1 aromatic carbocycles. The maximum atomic E-state index is 13.0. The number of carbonyl (C=O) groups is 1. The summed E-state index contributed by atoms with van der Waals surface area (Å²) in [6.45, 7) is 0. The number of nitrogens with one attached hydrogen (secondary N) is 1. The first-order valence-electron chi connectivity index (χ1n) is 6.22. The molecule has 0 aliphatic rings. The highest BCUT2D eigenvalue weighted by Crippen LogP contribution is 2.20. The largest absolute Gasteiger partial charge is 0.398 e. The number of nitrogens with two attached hydrogens (primary N) is 1. The number of benzene rings is 1. The number of halogens is 1. The van der Waals surface area contributed by atoms with Gasteiger partial charge in [-0.15, -0.1) is 0 Å². The van der Waals surface area contributed by atoms with Crippen LogP contribution in [-0.2, 0) is 0 Å². The Balaban J connectivity index is 1.94. The number of aromatic nitrogens is 2. The quantitative estimate of drug-likeness (QED) is 0.708. The van der Waals surface area contributed by atoms with Gasteiger partial charge in [0.15, 0.2) is 0 Å². The zero-order valence-corrected chi connectivity index (χ0v) is 10.9. The Kier molecular flexibility index (Phi) is 3.19. The van der Waals surface area contributed by atoms with Gasteiger partial charge in [0.2, 0.25) is 5.95 Å². The molecular formula is C15H11FN4O. The normalized spacial score (nSPS) is 10.5. The standard InChI is InChI=1S/C15H11FN4O/c16-13-6-3-7-14(19-13)20-15(21)12-8-10(17)9-4-1-2-5-11(9)18-12/h1-8H,(H2,17,18)(H,19,20,21). The van der Waals surface area contributed by atoms with Crippen molar-refractivity contribution in [1.29, 1.82) is 0 Å². The molecule has 0 fully saturated rings. The predicted octanol–water partition coefficient (Wildman–Crippen LogP) is 2.60. The molecule has 0 spiro atoms. The molecule has 104 valence electrons. The topological polar surface area (TPSA) is 80.9 Å². The van der Waals surface area contributed by atoms with E-state index in [4.69, 9.17) is 5.73 Å². The van der Waals surface area contributed by atoms with Gasteiger partial charge in [-0.1, -0.05) is 24.3 Å². The lowest BCUT2D eigenvalue weighted by molar-refractivity contribution is 0.102. The summed E-state index contributed by atoms with van der Waals surface area (Å²) in [6, 6.07) is 12.9. The fourth-order valence-electron chi connectivity index (χ4n) is 1.98. The summed E-state index contributed by atoms with van der Waals surface area (Å²) in [4.78, 5) is 19.9. The number of rotatable bonds is 2. The summed E-state index contributed by atoms with van der Waals surface area (Å²) in [7, 11) is 0. The number of nitrogens with zero attached hydrogens (tertiary/aromatic N) is 2. The predicted molar refractivity (Wildman–Crippen MR) is 78.3 cm³/mol. The SMILES string of the molecule is Nc1cc(C(=O)Nc2cccc(F)n2)nc2ccccc12. The van der Waals surface area contributed by atoms with Gasteiger partial charge in [0, 0.05) is 11.1 Å². The number of para-hydroxylation sites is 1. The number of hydrogen-bond donors (Lipinski definition) is 2. The van der Waals surface area contributed by atoms with Crippen LogP contribution in [0.2, 0.25) is 0 Å². The lowest BCUT2D eigenvalue weighted by Crippen LogP contribution is -2.15. The van der Waals surface area contributed by atoms with Crippen LogP contribution < -0.4 is 11.1 Å². The van der Waals surface area contributed by atoms with Crippen molar-refractivity contribution in [2.75, 3.05) is 11.1 Å². The molecule has 0 saturated heterocycles. The Morgan fingerprint density at radius 2 is 1.90 bits per heavy atom. The van der Waals surface area contributed by atoms with E-state index in [2.05, 4.69) is 15.3 Å². The van der Waals surface area contributed by atoms with Crippen LogP contribution in [-0.4, -0.2) is 15.9 Å². The zero-order chi connectivity index (χ0) is 14.8. The number of pyridine rings is 2. The molecule has 0 radical (unpaired) electrons. The van der Waals surface area contributed by atoms with Gasteiger partial charge in [-0.05, 0) is 24.3 Å². The van der Waals surface area contributed by atoms with Crippen molar-refractivity contribution in [2.45, 2.75) is 0 Å². The summed E-state index contributed by atoms with van der Waals surface area (Å²) < 4.78 is 13.0. The first-order valence-corrected chi connectivity index (χ1v) is 6.22. The van der Waals surface area contributed by atoms with Gasteiger partial charge < -0.3 is 11.1 Å². The van der Waals surface area contributed by atoms with Crippen LogP contribution in [0.25, 0.3) is 10.9 Å². The van der Waals surface area contributed by atoms with Gasteiger partial charge in [-0.3, -0.25) is 4.79 Å². The highest BCUT2D eigenvalue weighted by atomic mass is 19.1. The Hall–Kier alpha value is -3.02. The van der Waals surface area contributed by atoms with Crippen molar-refractivity contribution in [3.05, 3.63) is 60.2 Å². The average Bonchev–Trinajstić information content (AvgIpc) is 2.47. The van der Waals surface area contributed by atoms with E-state index < -0.39 is 11.9 Å². The van der Waals surface area contributed by atoms with Crippen molar-refractivity contribution in [2.24, 2.45) is 0 Å². The Morgan fingerprint density at radius 3 is 2.71 bits per heavy atom. The molecule has 0 unspecified atom stereocenters. The summed E-state index contributed by atoms with van der Waals surface area (Å²) in [6.07, 6.45) is 0. The maximum Gasteiger partial charge on any atom is 0.275 e. The Bertz CT molecular complexity index is 835. The van der Waals surface area contributed by atoms with Crippen molar-refractivity contribution in [3.63, 3.8) is 0 Å². The monoisotopic (exact) mass is 282 g/mol. The van der Waals surface area contributed by atoms with E-state index in [1.165, 1.54) is 24.3 Å². The lowest BCUT2D eigenvalue weighted by atomic mass is 10.1. The zero-order valence-electron chi connectivity index (χ0n) is 10.9. The smallest absolute Gasteiger partial charge is 0.275 e. The third kappa shape index (κ3) is 2.64. The van der Waals surface area contributed by atoms with Crippen LogP contribution in [0.1, 0.15) is 10.5 Å². The van der Waals surface area contributed by atoms with Crippen molar-refractivity contribution < 1.29 is 9.18 Å². The maximum absolute atomic E-state index is 13.0. The first-order chi connectivity index (χ1) is 10.1. The second-order valence-electron chi connectivity index (χ2n) is 4.41. The van der Waals surface area contributed by atoms with Crippen LogP contribution in [0.15, 0.2) is 48.5 Å². The fourth-order valence-corrected chi connectivity index (χ4v) is 1.98. The number of hydrogen-bond acceptors (Lipinski definition) is 4. The first kappa shape index (κ1) is 13.0. The number of fused-ring (bicyclic) bond motifs is 1. The molecule has 0 aliphatic carbocycles. The molecule has 0 saturated carbocycles. The van der Waals surface area contributed by atoms with E-state index in [-0.39, 0.29) is 11.5 Å².